The lowest BCUT2D eigenvalue weighted by Crippen LogP contribution is -2.48. The van der Waals surface area contributed by atoms with E-state index in [-0.39, 0.29) is 11.8 Å². The second-order valence-electron chi connectivity index (χ2n) is 8.26. The molecule has 0 bridgehead atoms. The summed E-state index contributed by atoms with van der Waals surface area (Å²) in [7, 11) is 1.74. The number of nitrogens with zero attached hydrogens (tertiary/aromatic N) is 1. The number of nitrogens with one attached hydrogen (secondary N) is 3. The quantitative estimate of drug-likeness (QED) is 0.326. The van der Waals surface area contributed by atoms with Crippen LogP contribution in [0.25, 0.3) is 0 Å². The van der Waals surface area contributed by atoms with Gasteiger partial charge >= 0.3 is 0 Å². The van der Waals surface area contributed by atoms with Gasteiger partial charge in [0.2, 0.25) is 5.91 Å². The summed E-state index contributed by atoms with van der Waals surface area (Å²) in [6.45, 7) is 5.92. The van der Waals surface area contributed by atoms with Crippen LogP contribution in [0, 0.1) is 0 Å². The zero-order valence-electron chi connectivity index (χ0n) is 19.4. The third kappa shape index (κ3) is 9.61. The zero-order chi connectivity index (χ0) is 25.3. The smallest absolute Gasteiger partial charge is 0.251 e. The lowest BCUT2D eigenvalue weighted by atomic mass is 10.1. The van der Waals surface area contributed by atoms with E-state index in [1.54, 1.807) is 42.3 Å². The SMILES string of the molecule is CC(C)NCC[C@H](NCCNC(=O)c1ccc(Cl)c(Cl)c1)C(=O)N(C)Cc1cc(Cl)cc(Cl)c1. The Hall–Kier alpha value is -1.54. The Morgan fingerprint density at radius 2 is 1.56 bits per heavy atom. The maximum absolute atomic E-state index is 13.2. The van der Waals surface area contributed by atoms with Crippen LogP contribution in [0.15, 0.2) is 36.4 Å². The van der Waals surface area contributed by atoms with Crippen molar-refractivity contribution in [1.82, 2.24) is 20.9 Å². The van der Waals surface area contributed by atoms with E-state index >= 15 is 0 Å². The molecule has 2 rings (SSSR count). The first kappa shape index (κ1) is 28.7. The highest BCUT2D eigenvalue weighted by Crippen LogP contribution is 2.22. The molecule has 186 valence electrons. The van der Waals surface area contributed by atoms with Crippen LogP contribution in [0.5, 0.6) is 0 Å². The van der Waals surface area contributed by atoms with Crippen molar-refractivity contribution >= 4 is 58.2 Å². The molecule has 10 heteroatoms. The van der Waals surface area contributed by atoms with Crippen LogP contribution in [0.1, 0.15) is 36.2 Å². The number of amides is 2. The average Bonchev–Trinajstić information content (AvgIpc) is 2.75. The van der Waals surface area contributed by atoms with Crippen LogP contribution in [-0.4, -0.2) is 55.5 Å². The predicted molar refractivity (Wildman–Crippen MR) is 141 cm³/mol. The molecule has 2 aromatic carbocycles. The Morgan fingerprint density at radius 1 is 0.882 bits per heavy atom. The van der Waals surface area contributed by atoms with Crippen molar-refractivity contribution in [2.75, 3.05) is 26.7 Å². The van der Waals surface area contributed by atoms with E-state index in [4.69, 9.17) is 46.4 Å². The molecule has 0 heterocycles. The topological polar surface area (TPSA) is 73.5 Å². The highest BCUT2D eigenvalue weighted by atomic mass is 35.5. The Labute approximate surface area is 221 Å². The lowest BCUT2D eigenvalue weighted by Gasteiger charge is -2.25. The molecule has 6 nitrogen and oxygen atoms in total. The molecule has 2 aromatic rings. The van der Waals surface area contributed by atoms with Crippen molar-refractivity contribution in [3.8, 4) is 0 Å². The fourth-order valence-electron chi connectivity index (χ4n) is 3.31. The number of benzene rings is 2. The summed E-state index contributed by atoms with van der Waals surface area (Å²) in [5.41, 5.74) is 1.27. The van der Waals surface area contributed by atoms with E-state index in [0.717, 1.165) is 5.56 Å². The van der Waals surface area contributed by atoms with Gasteiger partial charge in [-0.25, -0.2) is 0 Å². The molecule has 34 heavy (non-hydrogen) atoms. The minimum atomic E-state index is -0.423. The third-order valence-corrected chi connectivity index (χ3v) is 6.16. The van der Waals surface area contributed by atoms with Crippen molar-refractivity contribution in [1.29, 1.82) is 0 Å². The molecular weight excluding hydrogens is 518 g/mol. The predicted octanol–water partition coefficient (Wildman–Crippen LogP) is 5.03. The van der Waals surface area contributed by atoms with Gasteiger partial charge in [0, 0.05) is 48.3 Å². The molecule has 0 radical (unpaired) electrons. The van der Waals surface area contributed by atoms with E-state index < -0.39 is 6.04 Å². The number of rotatable bonds is 12. The maximum atomic E-state index is 13.2. The van der Waals surface area contributed by atoms with E-state index in [2.05, 4.69) is 29.8 Å². The Morgan fingerprint density at radius 3 is 2.18 bits per heavy atom. The lowest BCUT2D eigenvalue weighted by molar-refractivity contribution is -0.132. The first-order chi connectivity index (χ1) is 16.1. The van der Waals surface area contributed by atoms with E-state index in [1.165, 1.54) is 6.07 Å². The minimum Gasteiger partial charge on any atom is -0.351 e. The van der Waals surface area contributed by atoms with Crippen molar-refractivity contribution in [2.45, 2.75) is 38.9 Å². The van der Waals surface area contributed by atoms with Gasteiger partial charge in [0.1, 0.15) is 0 Å². The second-order valence-corrected chi connectivity index (χ2v) is 9.95. The van der Waals surface area contributed by atoms with Gasteiger partial charge in [0.05, 0.1) is 16.1 Å². The zero-order valence-corrected chi connectivity index (χ0v) is 22.5. The van der Waals surface area contributed by atoms with E-state index in [0.29, 0.717) is 64.3 Å². The monoisotopic (exact) mass is 546 g/mol. The number of carbonyl (C=O) groups excluding carboxylic acids is 2. The van der Waals surface area contributed by atoms with Crippen LogP contribution in [0.3, 0.4) is 0 Å². The van der Waals surface area contributed by atoms with Gasteiger partial charge in [0.25, 0.3) is 5.91 Å². The summed E-state index contributed by atoms with van der Waals surface area (Å²) in [6.07, 6.45) is 0.596. The van der Waals surface area contributed by atoms with Gasteiger partial charge in [-0.15, -0.1) is 0 Å². The highest BCUT2D eigenvalue weighted by molar-refractivity contribution is 6.42. The number of hydrogen-bond donors (Lipinski definition) is 3. The highest BCUT2D eigenvalue weighted by Gasteiger charge is 2.22. The Bertz CT molecular complexity index is 967. The molecule has 0 aliphatic carbocycles. The number of halogens is 4. The van der Waals surface area contributed by atoms with Crippen LogP contribution < -0.4 is 16.0 Å². The van der Waals surface area contributed by atoms with Gasteiger partial charge < -0.3 is 20.9 Å². The van der Waals surface area contributed by atoms with Crippen molar-refractivity contribution in [3.05, 3.63) is 67.6 Å². The summed E-state index contributed by atoms with van der Waals surface area (Å²) in [5.74, 6) is -0.322. The summed E-state index contributed by atoms with van der Waals surface area (Å²) >= 11 is 24.1. The molecular formula is C24H30Cl4N4O2. The molecule has 1 atom stereocenters. The van der Waals surface area contributed by atoms with Gasteiger partial charge in [-0.05, 0) is 54.9 Å². The van der Waals surface area contributed by atoms with Crippen LogP contribution >= 0.6 is 46.4 Å². The molecule has 0 unspecified atom stereocenters. The molecule has 3 N–H and O–H groups in total. The fraction of sp³-hybridized carbons (Fsp3) is 0.417. The van der Waals surface area contributed by atoms with E-state index in [9.17, 15) is 9.59 Å². The summed E-state index contributed by atoms with van der Waals surface area (Å²) in [6, 6.07) is 9.84. The number of carbonyl (C=O) groups is 2. The Kier molecular flexibility index (Phi) is 11.9. The fourth-order valence-corrected chi connectivity index (χ4v) is 4.18. The van der Waals surface area contributed by atoms with Gasteiger partial charge in [0.15, 0.2) is 0 Å². The van der Waals surface area contributed by atoms with Crippen molar-refractivity contribution < 1.29 is 9.59 Å². The number of hydrogen-bond acceptors (Lipinski definition) is 4. The molecule has 0 aromatic heterocycles. The van der Waals surface area contributed by atoms with Gasteiger partial charge in [-0.3, -0.25) is 9.59 Å². The van der Waals surface area contributed by atoms with Gasteiger partial charge in [-0.2, -0.15) is 0 Å². The van der Waals surface area contributed by atoms with E-state index in [1.807, 2.05) is 0 Å². The third-order valence-electron chi connectivity index (χ3n) is 4.99. The summed E-state index contributed by atoms with van der Waals surface area (Å²) in [5, 5.41) is 11.2. The number of likely N-dealkylation sites (N-methyl/N-ethyl adjacent to an activating group) is 1. The normalized spacial score (nSPS) is 12.0. The largest absolute Gasteiger partial charge is 0.351 e. The first-order valence-corrected chi connectivity index (χ1v) is 12.5. The summed E-state index contributed by atoms with van der Waals surface area (Å²) in [4.78, 5) is 27.2. The van der Waals surface area contributed by atoms with Crippen LogP contribution in [0.4, 0.5) is 0 Å². The first-order valence-electron chi connectivity index (χ1n) is 11.0. The molecule has 0 saturated carbocycles. The minimum absolute atomic E-state index is 0.0579. The average molecular weight is 548 g/mol. The molecule has 0 saturated heterocycles. The Balaban J connectivity index is 1.94. The van der Waals surface area contributed by atoms with Crippen molar-refractivity contribution in [3.63, 3.8) is 0 Å². The van der Waals surface area contributed by atoms with Crippen LogP contribution in [-0.2, 0) is 11.3 Å². The maximum Gasteiger partial charge on any atom is 0.251 e. The standard InChI is InChI=1S/C24H30Cl4N4O2/c1-15(2)29-7-6-22(24(34)32(3)14-16-10-18(25)13-19(26)11-16)30-8-9-31-23(33)17-4-5-20(27)21(28)12-17/h4-5,10-13,15,22,29-30H,6-9,14H2,1-3H3,(H,31,33)/t22-/m0/s1. The molecule has 0 fully saturated rings. The molecule has 0 spiro atoms. The van der Waals surface area contributed by atoms with Crippen molar-refractivity contribution in [2.24, 2.45) is 0 Å². The molecule has 0 aliphatic heterocycles. The van der Waals surface area contributed by atoms with Gasteiger partial charge in [-0.1, -0.05) is 60.3 Å². The second kappa shape index (κ2) is 14.1. The van der Waals surface area contributed by atoms with Crippen LogP contribution in [0.2, 0.25) is 20.1 Å². The summed E-state index contributed by atoms with van der Waals surface area (Å²) < 4.78 is 0. The molecule has 0 aliphatic rings. The molecule has 2 amide bonds.